The molecule has 0 spiro atoms. The van der Waals surface area contributed by atoms with Gasteiger partial charge >= 0.3 is 5.97 Å². The molecule has 0 aliphatic carbocycles. The molecule has 6 nitrogen and oxygen atoms in total. The normalized spacial score (nSPS) is 10.3. The van der Waals surface area contributed by atoms with Crippen LogP contribution in [0.15, 0.2) is 60.7 Å². The second kappa shape index (κ2) is 7.00. The van der Waals surface area contributed by atoms with E-state index in [2.05, 4.69) is 15.3 Å². The highest BCUT2D eigenvalue weighted by Gasteiger charge is 2.10. The van der Waals surface area contributed by atoms with Gasteiger partial charge in [-0.15, -0.1) is 0 Å². The number of hydrogen-bond donors (Lipinski definition) is 2. The SMILES string of the molecule is Cc1cc(Nc2ccc(C(=O)O)cc2)nc(N(C)c2ccccc2)n1. The summed E-state index contributed by atoms with van der Waals surface area (Å²) in [5.41, 5.74) is 2.83. The van der Waals surface area contributed by atoms with Gasteiger partial charge in [-0.2, -0.15) is 4.98 Å². The third-order valence-corrected chi connectivity index (χ3v) is 3.69. The second-order valence-corrected chi connectivity index (χ2v) is 5.60. The summed E-state index contributed by atoms with van der Waals surface area (Å²) in [5, 5.41) is 12.1. The molecule has 0 radical (unpaired) electrons. The van der Waals surface area contributed by atoms with Gasteiger partial charge in [-0.3, -0.25) is 0 Å². The molecule has 2 N–H and O–H groups in total. The summed E-state index contributed by atoms with van der Waals surface area (Å²) in [5.74, 6) is 0.278. The number of rotatable bonds is 5. The lowest BCUT2D eigenvalue weighted by Gasteiger charge is -2.18. The van der Waals surface area contributed by atoms with Crippen molar-refractivity contribution in [1.29, 1.82) is 0 Å². The van der Waals surface area contributed by atoms with E-state index in [0.717, 1.165) is 17.1 Å². The fraction of sp³-hybridized carbons (Fsp3) is 0.105. The predicted octanol–water partition coefficient (Wildman–Crippen LogP) is 3.99. The van der Waals surface area contributed by atoms with Crippen LogP contribution in [0.3, 0.4) is 0 Å². The van der Waals surface area contributed by atoms with Gasteiger partial charge in [-0.1, -0.05) is 18.2 Å². The molecular formula is C19H18N4O2. The van der Waals surface area contributed by atoms with Gasteiger partial charge in [0.25, 0.3) is 0 Å². The summed E-state index contributed by atoms with van der Waals surface area (Å²) in [4.78, 5) is 21.9. The highest BCUT2D eigenvalue weighted by molar-refractivity contribution is 5.88. The average Bonchev–Trinajstić information content (AvgIpc) is 2.62. The summed E-state index contributed by atoms with van der Waals surface area (Å²) in [6.07, 6.45) is 0. The molecular weight excluding hydrogens is 316 g/mol. The first-order valence-corrected chi connectivity index (χ1v) is 7.78. The fourth-order valence-corrected chi connectivity index (χ4v) is 2.38. The van der Waals surface area contributed by atoms with Gasteiger partial charge < -0.3 is 15.3 Å². The number of benzene rings is 2. The van der Waals surface area contributed by atoms with Crippen LogP contribution in [0.4, 0.5) is 23.1 Å². The van der Waals surface area contributed by atoms with Gasteiger partial charge in [0.05, 0.1) is 5.56 Å². The van der Waals surface area contributed by atoms with Crippen LogP contribution in [0.2, 0.25) is 0 Å². The minimum Gasteiger partial charge on any atom is -0.478 e. The number of hydrogen-bond acceptors (Lipinski definition) is 5. The zero-order chi connectivity index (χ0) is 17.8. The maximum absolute atomic E-state index is 10.9. The molecule has 0 bridgehead atoms. The van der Waals surface area contributed by atoms with Gasteiger partial charge in [-0.25, -0.2) is 9.78 Å². The van der Waals surface area contributed by atoms with Crippen molar-refractivity contribution >= 4 is 29.1 Å². The highest BCUT2D eigenvalue weighted by atomic mass is 16.4. The van der Waals surface area contributed by atoms with Crippen molar-refractivity contribution in [2.24, 2.45) is 0 Å². The molecule has 6 heteroatoms. The first-order chi connectivity index (χ1) is 12.0. The Morgan fingerprint density at radius 3 is 2.36 bits per heavy atom. The smallest absolute Gasteiger partial charge is 0.335 e. The van der Waals surface area contributed by atoms with Crippen molar-refractivity contribution in [1.82, 2.24) is 9.97 Å². The van der Waals surface area contributed by atoms with Crippen molar-refractivity contribution in [2.45, 2.75) is 6.92 Å². The highest BCUT2D eigenvalue weighted by Crippen LogP contribution is 2.23. The van der Waals surface area contributed by atoms with Gasteiger partial charge in [-0.05, 0) is 43.3 Å². The minimum absolute atomic E-state index is 0.244. The molecule has 0 saturated carbocycles. The lowest BCUT2D eigenvalue weighted by molar-refractivity contribution is 0.0697. The molecule has 0 aliphatic heterocycles. The third-order valence-electron chi connectivity index (χ3n) is 3.69. The van der Waals surface area contributed by atoms with Gasteiger partial charge in [0.15, 0.2) is 0 Å². The first-order valence-electron chi connectivity index (χ1n) is 7.78. The van der Waals surface area contributed by atoms with Crippen LogP contribution >= 0.6 is 0 Å². The van der Waals surface area contributed by atoms with Gasteiger partial charge in [0, 0.05) is 30.2 Å². The lowest BCUT2D eigenvalue weighted by atomic mass is 10.2. The zero-order valence-electron chi connectivity index (χ0n) is 14.0. The van der Waals surface area contributed by atoms with E-state index >= 15 is 0 Å². The van der Waals surface area contributed by atoms with Crippen molar-refractivity contribution in [3.8, 4) is 0 Å². The van der Waals surface area contributed by atoms with Crippen LogP contribution in [0.25, 0.3) is 0 Å². The van der Waals surface area contributed by atoms with E-state index in [1.54, 1.807) is 24.3 Å². The minimum atomic E-state index is -0.948. The van der Waals surface area contributed by atoms with Crippen molar-refractivity contribution < 1.29 is 9.90 Å². The third kappa shape index (κ3) is 3.92. The monoisotopic (exact) mass is 334 g/mol. The Morgan fingerprint density at radius 1 is 1.04 bits per heavy atom. The van der Waals surface area contributed by atoms with E-state index in [1.807, 2.05) is 55.3 Å². The number of anilines is 4. The number of carboxylic acids is 1. The largest absolute Gasteiger partial charge is 0.478 e. The first kappa shape index (κ1) is 16.4. The number of aromatic carboxylic acids is 1. The fourth-order valence-electron chi connectivity index (χ4n) is 2.38. The van der Waals surface area contributed by atoms with Crippen molar-refractivity contribution in [3.05, 3.63) is 71.9 Å². The van der Waals surface area contributed by atoms with Crippen LogP contribution in [-0.2, 0) is 0 Å². The Hall–Kier alpha value is -3.41. The number of para-hydroxylation sites is 1. The topological polar surface area (TPSA) is 78.3 Å². The van der Waals surface area contributed by atoms with E-state index in [-0.39, 0.29) is 5.56 Å². The molecule has 25 heavy (non-hydrogen) atoms. The number of aromatic nitrogens is 2. The molecule has 0 amide bonds. The number of carboxylic acid groups (broad SMARTS) is 1. The zero-order valence-corrected chi connectivity index (χ0v) is 14.0. The number of nitrogens with one attached hydrogen (secondary N) is 1. The summed E-state index contributed by atoms with van der Waals surface area (Å²) in [6, 6.07) is 18.2. The summed E-state index contributed by atoms with van der Waals surface area (Å²) in [6.45, 7) is 1.91. The van der Waals surface area contributed by atoms with Crippen molar-refractivity contribution in [3.63, 3.8) is 0 Å². The Kier molecular flexibility index (Phi) is 4.61. The summed E-state index contributed by atoms with van der Waals surface area (Å²) in [7, 11) is 1.91. The average molecular weight is 334 g/mol. The summed E-state index contributed by atoms with van der Waals surface area (Å²) >= 11 is 0. The van der Waals surface area contributed by atoms with Crippen LogP contribution < -0.4 is 10.2 Å². The molecule has 3 rings (SSSR count). The Labute approximate surface area is 145 Å². The molecule has 1 aromatic heterocycles. The Bertz CT molecular complexity index is 880. The molecule has 0 atom stereocenters. The molecule has 0 aliphatic rings. The predicted molar refractivity (Wildman–Crippen MR) is 98.0 cm³/mol. The Balaban J connectivity index is 1.85. The standard InChI is InChI=1S/C19H18N4O2/c1-13-12-17(21-15-10-8-14(9-11-15)18(24)25)22-19(20-13)23(2)16-6-4-3-5-7-16/h3-12H,1-2H3,(H,24,25)(H,20,21,22). The second-order valence-electron chi connectivity index (χ2n) is 5.60. The van der Waals surface area contributed by atoms with Gasteiger partial charge in [0.1, 0.15) is 5.82 Å². The quantitative estimate of drug-likeness (QED) is 0.734. The molecule has 126 valence electrons. The van der Waals surface area contributed by atoms with E-state index in [1.165, 1.54) is 0 Å². The van der Waals surface area contributed by atoms with E-state index in [9.17, 15) is 4.79 Å². The van der Waals surface area contributed by atoms with Crippen LogP contribution in [-0.4, -0.2) is 28.1 Å². The van der Waals surface area contributed by atoms with E-state index < -0.39 is 5.97 Å². The van der Waals surface area contributed by atoms with Gasteiger partial charge in [0.2, 0.25) is 5.95 Å². The Morgan fingerprint density at radius 2 is 1.72 bits per heavy atom. The molecule has 2 aromatic carbocycles. The number of carbonyl (C=O) groups is 1. The van der Waals surface area contributed by atoms with E-state index in [0.29, 0.717) is 11.8 Å². The maximum Gasteiger partial charge on any atom is 0.335 e. The molecule has 3 aromatic rings. The van der Waals surface area contributed by atoms with Crippen molar-refractivity contribution in [2.75, 3.05) is 17.3 Å². The van der Waals surface area contributed by atoms with E-state index in [4.69, 9.17) is 5.11 Å². The molecule has 1 heterocycles. The maximum atomic E-state index is 10.9. The lowest BCUT2D eigenvalue weighted by Crippen LogP contribution is -2.14. The summed E-state index contributed by atoms with van der Waals surface area (Å²) < 4.78 is 0. The van der Waals surface area contributed by atoms with Crippen LogP contribution in [0, 0.1) is 6.92 Å². The molecule has 0 unspecified atom stereocenters. The number of nitrogens with zero attached hydrogens (tertiary/aromatic N) is 3. The number of aryl methyl sites for hydroxylation is 1. The van der Waals surface area contributed by atoms with Crippen LogP contribution in [0.1, 0.15) is 16.1 Å². The van der Waals surface area contributed by atoms with Crippen LogP contribution in [0.5, 0.6) is 0 Å². The molecule has 0 fully saturated rings. The molecule has 0 saturated heterocycles.